The van der Waals surface area contributed by atoms with Gasteiger partial charge in [0.15, 0.2) is 0 Å². The van der Waals surface area contributed by atoms with Gasteiger partial charge >= 0.3 is 5.97 Å². The SMILES string of the molecule is CCC(CC)(CCc1ccnn1C)C(=O)O. The van der Waals surface area contributed by atoms with Crippen molar-refractivity contribution in [3.8, 4) is 0 Å². The minimum Gasteiger partial charge on any atom is -0.481 e. The number of carbonyl (C=O) groups is 1. The van der Waals surface area contributed by atoms with Gasteiger partial charge < -0.3 is 5.11 Å². The molecule has 16 heavy (non-hydrogen) atoms. The summed E-state index contributed by atoms with van der Waals surface area (Å²) in [5.74, 6) is -0.681. The van der Waals surface area contributed by atoms with Crippen molar-refractivity contribution in [2.24, 2.45) is 12.5 Å². The van der Waals surface area contributed by atoms with Crippen molar-refractivity contribution in [3.05, 3.63) is 18.0 Å². The van der Waals surface area contributed by atoms with Crippen molar-refractivity contribution in [1.82, 2.24) is 9.78 Å². The van der Waals surface area contributed by atoms with Crippen LogP contribution in [-0.4, -0.2) is 20.9 Å². The molecule has 0 bridgehead atoms. The van der Waals surface area contributed by atoms with Crippen LogP contribution < -0.4 is 0 Å². The van der Waals surface area contributed by atoms with Crippen LogP contribution in [0.4, 0.5) is 0 Å². The second-order valence-electron chi connectivity index (χ2n) is 4.24. The van der Waals surface area contributed by atoms with E-state index in [2.05, 4.69) is 5.10 Å². The zero-order chi connectivity index (χ0) is 12.2. The molecule has 0 aromatic carbocycles. The van der Waals surface area contributed by atoms with Gasteiger partial charge in [0.2, 0.25) is 0 Å². The molecule has 0 aliphatic carbocycles. The van der Waals surface area contributed by atoms with Crippen LogP contribution in [0.5, 0.6) is 0 Å². The summed E-state index contributed by atoms with van der Waals surface area (Å²) in [5, 5.41) is 13.4. The average Bonchev–Trinajstić information content (AvgIpc) is 2.66. The fraction of sp³-hybridized carbons (Fsp3) is 0.667. The van der Waals surface area contributed by atoms with Gasteiger partial charge in [0, 0.05) is 18.9 Å². The maximum absolute atomic E-state index is 11.3. The van der Waals surface area contributed by atoms with Crippen LogP contribution in [-0.2, 0) is 18.3 Å². The van der Waals surface area contributed by atoms with Gasteiger partial charge in [-0.3, -0.25) is 9.48 Å². The van der Waals surface area contributed by atoms with Crippen molar-refractivity contribution in [1.29, 1.82) is 0 Å². The zero-order valence-corrected chi connectivity index (χ0v) is 10.2. The Labute approximate surface area is 96.3 Å². The van der Waals surface area contributed by atoms with E-state index in [1.54, 1.807) is 10.9 Å². The van der Waals surface area contributed by atoms with Gasteiger partial charge in [0.1, 0.15) is 0 Å². The molecule has 4 heteroatoms. The molecule has 1 rings (SSSR count). The van der Waals surface area contributed by atoms with Crippen molar-refractivity contribution in [2.45, 2.75) is 39.5 Å². The summed E-state index contributed by atoms with van der Waals surface area (Å²) in [6, 6.07) is 1.94. The van der Waals surface area contributed by atoms with Gasteiger partial charge in [-0.25, -0.2) is 0 Å². The molecule has 1 heterocycles. The van der Waals surface area contributed by atoms with Crippen LogP contribution >= 0.6 is 0 Å². The minimum absolute atomic E-state index is 0.579. The van der Waals surface area contributed by atoms with Crippen LogP contribution in [0.2, 0.25) is 0 Å². The Morgan fingerprint density at radius 3 is 2.50 bits per heavy atom. The smallest absolute Gasteiger partial charge is 0.309 e. The van der Waals surface area contributed by atoms with Crippen LogP contribution in [0.1, 0.15) is 38.8 Å². The number of carboxylic acids is 1. The van der Waals surface area contributed by atoms with E-state index in [1.165, 1.54) is 0 Å². The number of aryl methyl sites for hydroxylation is 2. The minimum atomic E-state index is -0.681. The third-order valence-corrected chi connectivity index (χ3v) is 3.59. The lowest BCUT2D eigenvalue weighted by Crippen LogP contribution is -2.30. The molecule has 0 saturated heterocycles. The van der Waals surface area contributed by atoms with Gasteiger partial charge in [-0.15, -0.1) is 0 Å². The number of rotatable bonds is 6. The highest BCUT2D eigenvalue weighted by Gasteiger charge is 2.34. The Hall–Kier alpha value is -1.32. The van der Waals surface area contributed by atoms with Crippen LogP contribution in [0.25, 0.3) is 0 Å². The summed E-state index contributed by atoms with van der Waals surface area (Å²) in [6.07, 6.45) is 4.54. The van der Waals surface area contributed by atoms with Crippen LogP contribution in [0, 0.1) is 5.41 Å². The third-order valence-electron chi connectivity index (χ3n) is 3.59. The summed E-state index contributed by atoms with van der Waals surface area (Å²) < 4.78 is 1.80. The Morgan fingerprint density at radius 1 is 1.50 bits per heavy atom. The molecule has 0 saturated carbocycles. The van der Waals surface area contributed by atoms with E-state index in [4.69, 9.17) is 0 Å². The molecule has 0 radical (unpaired) electrons. The van der Waals surface area contributed by atoms with Crippen molar-refractivity contribution < 1.29 is 9.90 Å². The maximum atomic E-state index is 11.3. The fourth-order valence-corrected chi connectivity index (χ4v) is 2.03. The third kappa shape index (κ3) is 2.43. The molecule has 1 aromatic rings. The topological polar surface area (TPSA) is 55.1 Å². The van der Waals surface area contributed by atoms with Crippen LogP contribution in [0.3, 0.4) is 0 Å². The molecule has 0 amide bonds. The molecule has 0 aliphatic heterocycles. The van der Waals surface area contributed by atoms with E-state index in [0.29, 0.717) is 19.3 Å². The Balaban J connectivity index is 2.71. The average molecular weight is 224 g/mol. The number of carboxylic acid groups (broad SMARTS) is 1. The first-order valence-electron chi connectivity index (χ1n) is 5.76. The van der Waals surface area contributed by atoms with Crippen molar-refractivity contribution >= 4 is 5.97 Å². The Kier molecular flexibility index (Phi) is 4.10. The summed E-state index contributed by atoms with van der Waals surface area (Å²) in [6.45, 7) is 3.89. The first-order chi connectivity index (χ1) is 7.55. The molecule has 1 aromatic heterocycles. The fourth-order valence-electron chi connectivity index (χ4n) is 2.03. The second kappa shape index (κ2) is 5.14. The summed E-state index contributed by atoms with van der Waals surface area (Å²) in [5.41, 5.74) is 0.511. The second-order valence-corrected chi connectivity index (χ2v) is 4.24. The maximum Gasteiger partial charge on any atom is 0.309 e. The summed E-state index contributed by atoms with van der Waals surface area (Å²) in [4.78, 5) is 11.3. The van der Waals surface area contributed by atoms with Gasteiger partial charge in [-0.05, 0) is 31.7 Å². The molecule has 90 valence electrons. The van der Waals surface area contributed by atoms with Gasteiger partial charge in [-0.2, -0.15) is 5.10 Å². The predicted octanol–water partition coefficient (Wildman–Crippen LogP) is 2.24. The molecular formula is C12H20N2O2. The largest absolute Gasteiger partial charge is 0.481 e. The van der Waals surface area contributed by atoms with E-state index < -0.39 is 11.4 Å². The lowest BCUT2D eigenvalue weighted by atomic mass is 9.78. The number of hydrogen-bond acceptors (Lipinski definition) is 2. The summed E-state index contributed by atoms with van der Waals surface area (Å²) in [7, 11) is 1.88. The van der Waals surface area contributed by atoms with E-state index in [9.17, 15) is 9.90 Å². The molecule has 0 unspecified atom stereocenters. The van der Waals surface area contributed by atoms with E-state index in [0.717, 1.165) is 12.1 Å². The normalized spacial score (nSPS) is 11.7. The highest BCUT2D eigenvalue weighted by atomic mass is 16.4. The highest BCUT2D eigenvalue weighted by molar-refractivity contribution is 5.74. The van der Waals surface area contributed by atoms with Gasteiger partial charge in [0.25, 0.3) is 0 Å². The Morgan fingerprint density at radius 2 is 2.12 bits per heavy atom. The van der Waals surface area contributed by atoms with Crippen molar-refractivity contribution in [3.63, 3.8) is 0 Å². The predicted molar refractivity (Wildman–Crippen MR) is 62.2 cm³/mol. The number of nitrogens with zero attached hydrogens (tertiary/aromatic N) is 2. The lowest BCUT2D eigenvalue weighted by molar-refractivity contribution is -0.150. The Bertz CT molecular complexity index is 354. The lowest BCUT2D eigenvalue weighted by Gasteiger charge is -2.26. The standard InChI is InChI=1S/C12H20N2O2/c1-4-12(5-2,11(15)16)8-6-10-7-9-13-14(10)3/h7,9H,4-6,8H2,1-3H3,(H,15,16). The number of aromatic nitrogens is 2. The molecule has 1 N–H and O–H groups in total. The first-order valence-corrected chi connectivity index (χ1v) is 5.76. The van der Waals surface area contributed by atoms with Crippen LogP contribution in [0.15, 0.2) is 12.3 Å². The number of hydrogen-bond donors (Lipinski definition) is 1. The molecule has 0 aliphatic rings. The molecule has 0 fully saturated rings. The monoisotopic (exact) mass is 224 g/mol. The van der Waals surface area contributed by atoms with Crippen molar-refractivity contribution in [2.75, 3.05) is 0 Å². The highest BCUT2D eigenvalue weighted by Crippen LogP contribution is 2.32. The van der Waals surface area contributed by atoms with E-state index >= 15 is 0 Å². The quantitative estimate of drug-likeness (QED) is 0.806. The zero-order valence-electron chi connectivity index (χ0n) is 10.2. The summed E-state index contributed by atoms with van der Waals surface area (Å²) >= 11 is 0. The van der Waals surface area contributed by atoms with Gasteiger partial charge in [0.05, 0.1) is 5.41 Å². The molecule has 0 atom stereocenters. The molecule has 0 spiro atoms. The molecule has 4 nitrogen and oxygen atoms in total. The van der Waals surface area contributed by atoms with E-state index in [-0.39, 0.29) is 0 Å². The van der Waals surface area contributed by atoms with E-state index in [1.807, 2.05) is 27.0 Å². The molecular weight excluding hydrogens is 204 g/mol. The first kappa shape index (κ1) is 12.7. The number of aliphatic carboxylic acids is 1. The van der Waals surface area contributed by atoms with Gasteiger partial charge in [-0.1, -0.05) is 13.8 Å².